The van der Waals surface area contributed by atoms with Crippen LogP contribution in [0.2, 0.25) is 0 Å². The lowest BCUT2D eigenvalue weighted by Gasteiger charge is -2.24. The minimum atomic E-state index is 0.744. The highest BCUT2D eigenvalue weighted by molar-refractivity contribution is 5.80. The summed E-state index contributed by atoms with van der Waals surface area (Å²) in [5.74, 6) is 0.846. The average molecular weight is 473 g/mol. The van der Waals surface area contributed by atoms with Gasteiger partial charge in [-0.15, -0.1) is 0 Å². The van der Waals surface area contributed by atoms with Crippen LogP contribution in [0.4, 0.5) is 11.4 Å². The van der Waals surface area contributed by atoms with Crippen LogP contribution < -0.4 is 14.5 Å². The second kappa shape index (κ2) is 11.5. The molecular formula is C27H34N7O+. The number of hydrogen-bond acceptors (Lipinski definition) is 6. The van der Waals surface area contributed by atoms with Gasteiger partial charge >= 0.3 is 5.82 Å². The maximum atomic E-state index is 5.47. The van der Waals surface area contributed by atoms with Gasteiger partial charge in [-0.05, 0) is 35.4 Å². The van der Waals surface area contributed by atoms with Crippen LogP contribution in [0, 0.1) is 0 Å². The minimum absolute atomic E-state index is 0.744. The first-order valence-corrected chi connectivity index (χ1v) is 11.8. The van der Waals surface area contributed by atoms with Gasteiger partial charge in [-0.2, -0.15) is 0 Å². The molecule has 0 amide bonds. The van der Waals surface area contributed by atoms with Crippen molar-refractivity contribution < 1.29 is 9.41 Å². The zero-order chi connectivity index (χ0) is 24.6. The van der Waals surface area contributed by atoms with E-state index in [1.165, 1.54) is 0 Å². The van der Waals surface area contributed by atoms with Gasteiger partial charge in [-0.1, -0.05) is 43.8 Å². The monoisotopic (exact) mass is 472 g/mol. The molecule has 3 aromatic rings. The fourth-order valence-electron chi connectivity index (χ4n) is 3.61. The van der Waals surface area contributed by atoms with E-state index in [1.807, 2.05) is 68.4 Å². The van der Waals surface area contributed by atoms with E-state index < -0.39 is 0 Å². The summed E-state index contributed by atoms with van der Waals surface area (Å²) in [7, 11) is 8.13. The van der Waals surface area contributed by atoms with Crippen LogP contribution in [-0.4, -0.2) is 76.5 Å². The Morgan fingerprint density at radius 2 is 1.40 bits per heavy atom. The Hall–Kier alpha value is -3.91. The Balaban J connectivity index is 1.58. The molecule has 0 radical (unpaired) electrons. The average Bonchev–Trinajstić information content (AvgIpc) is 3.27. The number of morpholine rings is 1. The molecule has 0 spiro atoms. The number of benzene rings is 2. The summed E-state index contributed by atoms with van der Waals surface area (Å²) in [5, 5.41) is 9.41. The van der Waals surface area contributed by atoms with E-state index in [-0.39, 0.29) is 0 Å². The van der Waals surface area contributed by atoms with Gasteiger partial charge in [0.25, 0.3) is 0 Å². The summed E-state index contributed by atoms with van der Waals surface area (Å²) in [6.07, 6.45) is 11.7. The summed E-state index contributed by atoms with van der Waals surface area (Å²) < 4.78 is 9.14. The van der Waals surface area contributed by atoms with Crippen LogP contribution >= 0.6 is 0 Å². The highest BCUT2D eigenvalue weighted by atomic mass is 16.5. The van der Waals surface area contributed by atoms with Crippen molar-refractivity contribution in [3.8, 4) is 0 Å². The number of imidazole rings is 1. The normalized spacial score (nSPS) is 14.5. The quantitative estimate of drug-likeness (QED) is 0.374. The summed E-state index contributed by atoms with van der Waals surface area (Å²) in [6, 6.07) is 16.6. The van der Waals surface area contributed by atoms with Gasteiger partial charge in [0.05, 0.1) is 25.6 Å². The summed E-state index contributed by atoms with van der Waals surface area (Å²) in [6.45, 7) is 3.24. The third-order valence-corrected chi connectivity index (χ3v) is 5.78. The van der Waals surface area contributed by atoms with Crippen LogP contribution in [0.5, 0.6) is 0 Å². The zero-order valence-electron chi connectivity index (χ0n) is 21.0. The van der Waals surface area contributed by atoms with E-state index in [2.05, 4.69) is 69.4 Å². The maximum Gasteiger partial charge on any atom is 0.334 e. The molecule has 182 valence electrons. The zero-order valence-corrected chi connectivity index (χ0v) is 21.0. The van der Waals surface area contributed by atoms with Crippen molar-refractivity contribution in [3.05, 3.63) is 84.1 Å². The van der Waals surface area contributed by atoms with E-state index in [0.29, 0.717) is 0 Å². The van der Waals surface area contributed by atoms with Crippen LogP contribution in [0.15, 0.2) is 77.3 Å². The standard InChI is InChI=1S/C27H34N7O/c1-30(2)25-9-5-23(6-10-25)21-28-33-15-16-34(27(33)13-14-32-17-19-35-20-18-32)29-22-24-7-11-26(12-8-24)31(3)4/h5-16,21-22H,17-20H2,1-4H3/q+1. The number of hydrogen-bond donors (Lipinski definition) is 0. The van der Waals surface area contributed by atoms with Crippen LogP contribution in [-0.2, 0) is 4.74 Å². The van der Waals surface area contributed by atoms with E-state index >= 15 is 0 Å². The van der Waals surface area contributed by atoms with Gasteiger partial charge in [0.1, 0.15) is 0 Å². The number of nitrogens with zero attached hydrogens (tertiary/aromatic N) is 7. The summed E-state index contributed by atoms with van der Waals surface area (Å²) in [5.41, 5.74) is 4.37. The van der Waals surface area contributed by atoms with Crippen molar-refractivity contribution >= 4 is 29.9 Å². The highest BCUT2D eigenvalue weighted by Crippen LogP contribution is 2.12. The van der Waals surface area contributed by atoms with Crippen molar-refractivity contribution in [2.75, 3.05) is 64.3 Å². The van der Waals surface area contributed by atoms with E-state index in [0.717, 1.165) is 54.6 Å². The molecule has 0 unspecified atom stereocenters. The molecule has 0 bridgehead atoms. The van der Waals surface area contributed by atoms with Crippen molar-refractivity contribution in [2.45, 2.75) is 0 Å². The Morgan fingerprint density at radius 1 is 0.829 bits per heavy atom. The molecule has 8 nitrogen and oxygen atoms in total. The lowest BCUT2D eigenvalue weighted by atomic mass is 10.2. The van der Waals surface area contributed by atoms with Gasteiger partial charge in [0.2, 0.25) is 0 Å². The van der Waals surface area contributed by atoms with Gasteiger partial charge in [0.15, 0.2) is 12.4 Å². The molecule has 0 atom stereocenters. The lowest BCUT2D eigenvalue weighted by Crippen LogP contribution is -2.33. The van der Waals surface area contributed by atoms with Crippen molar-refractivity contribution in [2.24, 2.45) is 10.2 Å². The molecule has 1 aliphatic rings. The molecule has 1 aliphatic heterocycles. The van der Waals surface area contributed by atoms with Crippen LogP contribution in [0.25, 0.3) is 6.08 Å². The fourth-order valence-corrected chi connectivity index (χ4v) is 3.61. The number of ether oxygens (including phenoxy) is 1. The number of anilines is 2. The van der Waals surface area contributed by atoms with Gasteiger partial charge in [-0.3, -0.25) is 0 Å². The molecule has 1 aromatic heterocycles. The van der Waals surface area contributed by atoms with Crippen molar-refractivity contribution in [1.82, 2.24) is 9.58 Å². The predicted molar refractivity (Wildman–Crippen MR) is 144 cm³/mol. The molecule has 0 N–H and O–H groups in total. The maximum absolute atomic E-state index is 5.47. The molecule has 2 aromatic carbocycles. The van der Waals surface area contributed by atoms with E-state index in [1.54, 1.807) is 0 Å². The Labute approximate surface area is 207 Å². The topological polar surface area (TPSA) is 52.5 Å². The molecular weight excluding hydrogens is 438 g/mol. The second-order valence-electron chi connectivity index (χ2n) is 8.77. The SMILES string of the molecule is CN(C)c1ccc(C=Nn2cc[n+](N=Cc3ccc(N(C)C)cc3)c2C=CN2CCOCC2)cc1. The highest BCUT2D eigenvalue weighted by Gasteiger charge is 2.15. The summed E-state index contributed by atoms with van der Waals surface area (Å²) >= 11 is 0. The first-order valence-electron chi connectivity index (χ1n) is 11.8. The molecule has 8 heteroatoms. The molecule has 0 aliphatic carbocycles. The third kappa shape index (κ3) is 6.58. The van der Waals surface area contributed by atoms with E-state index in [4.69, 9.17) is 14.9 Å². The third-order valence-electron chi connectivity index (χ3n) is 5.78. The van der Waals surface area contributed by atoms with Crippen molar-refractivity contribution in [3.63, 3.8) is 0 Å². The minimum Gasteiger partial charge on any atom is -0.378 e. The predicted octanol–water partition coefficient (Wildman–Crippen LogP) is 2.97. The summed E-state index contributed by atoms with van der Waals surface area (Å²) in [4.78, 5) is 6.41. The molecule has 4 rings (SSSR count). The number of rotatable bonds is 8. The Bertz CT molecular complexity index is 1090. The fraction of sp³-hybridized carbons (Fsp3) is 0.296. The second-order valence-corrected chi connectivity index (χ2v) is 8.77. The van der Waals surface area contributed by atoms with Crippen LogP contribution in [0.1, 0.15) is 17.0 Å². The molecule has 0 saturated carbocycles. The molecule has 2 heterocycles. The van der Waals surface area contributed by atoms with Crippen LogP contribution in [0.3, 0.4) is 0 Å². The Kier molecular flexibility index (Phi) is 7.95. The van der Waals surface area contributed by atoms with Gasteiger partial charge in [-0.25, -0.2) is 0 Å². The molecule has 35 heavy (non-hydrogen) atoms. The molecule has 1 fully saturated rings. The van der Waals surface area contributed by atoms with Gasteiger partial charge in [0, 0.05) is 64.9 Å². The first-order chi connectivity index (χ1) is 17.0. The molecule has 1 saturated heterocycles. The largest absolute Gasteiger partial charge is 0.378 e. The van der Waals surface area contributed by atoms with E-state index in [9.17, 15) is 0 Å². The Morgan fingerprint density at radius 3 is 1.97 bits per heavy atom. The first kappa shape index (κ1) is 24.2. The lowest BCUT2D eigenvalue weighted by molar-refractivity contribution is -0.679. The van der Waals surface area contributed by atoms with Crippen molar-refractivity contribution in [1.29, 1.82) is 0 Å². The van der Waals surface area contributed by atoms with Gasteiger partial charge < -0.3 is 19.4 Å². The smallest absolute Gasteiger partial charge is 0.334 e. The number of aromatic nitrogens is 2.